The molecular weight excluding hydrogens is 318 g/mol. The molecule has 3 nitrogen and oxygen atoms in total. The standard InChI is InChI=1S/C16H14BrNO2/c17-14-6-5-13(11-19)15(9-14)18-7-8-20-16-4-2-1-3-12(16)10-18/h1-6,9,11H,7-8,10H2. The van der Waals surface area contributed by atoms with Gasteiger partial charge in [-0.05, 0) is 24.3 Å². The molecule has 3 rings (SSSR count). The summed E-state index contributed by atoms with van der Waals surface area (Å²) in [6.45, 7) is 2.11. The number of aldehydes is 1. The van der Waals surface area contributed by atoms with Gasteiger partial charge in [0.25, 0.3) is 0 Å². The van der Waals surface area contributed by atoms with E-state index in [1.807, 2.05) is 36.4 Å². The van der Waals surface area contributed by atoms with Crippen LogP contribution in [0.4, 0.5) is 5.69 Å². The smallest absolute Gasteiger partial charge is 0.152 e. The van der Waals surface area contributed by atoms with Gasteiger partial charge in [-0.1, -0.05) is 34.1 Å². The van der Waals surface area contributed by atoms with Crippen molar-refractivity contribution in [1.29, 1.82) is 0 Å². The third-order valence-electron chi connectivity index (χ3n) is 3.41. The van der Waals surface area contributed by atoms with Crippen LogP contribution >= 0.6 is 15.9 Å². The summed E-state index contributed by atoms with van der Waals surface area (Å²) in [4.78, 5) is 13.4. The average Bonchev–Trinajstić information content (AvgIpc) is 2.69. The fourth-order valence-corrected chi connectivity index (χ4v) is 2.77. The molecule has 4 heteroatoms. The Hall–Kier alpha value is -1.81. The molecule has 1 aliphatic rings. The summed E-state index contributed by atoms with van der Waals surface area (Å²) >= 11 is 3.47. The topological polar surface area (TPSA) is 29.5 Å². The molecule has 0 aliphatic carbocycles. The van der Waals surface area contributed by atoms with E-state index in [1.54, 1.807) is 0 Å². The second kappa shape index (κ2) is 5.67. The molecule has 0 N–H and O–H groups in total. The van der Waals surface area contributed by atoms with E-state index >= 15 is 0 Å². The van der Waals surface area contributed by atoms with Crippen LogP contribution in [0.25, 0.3) is 0 Å². The van der Waals surface area contributed by atoms with Gasteiger partial charge in [-0.3, -0.25) is 4.79 Å². The van der Waals surface area contributed by atoms with Crippen LogP contribution in [0.15, 0.2) is 46.9 Å². The van der Waals surface area contributed by atoms with Crippen molar-refractivity contribution in [1.82, 2.24) is 0 Å². The number of nitrogens with zero attached hydrogens (tertiary/aromatic N) is 1. The Morgan fingerprint density at radius 2 is 2.05 bits per heavy atom. The molecule has 0 unspecified atom stereocenters. The van der Waals surface area contributed by atoms with Gasteiger partial charge in [0, 0.05) is 27.8 Å². The highest BCUT2D eigenvalue weighted by Gasteiger charge is 2.17. The van der Waals surface area contributed by atoms with Crippen molar-refractivity contribution >= 4 is 27.9 Å². The quantitative estimate of drug-likeness (QED) is 0.786. The maximum atomic E-state index is 11.2. The largest absolute Gasteiger partial charge is 0.491 e. The number of ether oxygens (including phenoxy) is 1. The molecule has 102 valence electrons. The van der Waals surface area contributed by atoms with Crippen molar-refractivity contribution in [2.45, 2.75) is 6.54 Å². The van der Waals surface area contributed by atoms with Gasteiger partial charge in [-0.15, -0.1) is 0 Å². The molecule has 2 aromatic rings. The fraction of sp³-hybridized carbons (Fsp3) is 0.188. The van der Waals surface area contributed by atoms with E-state index in [4.69, 9.17) is 4.74 Å². The van der Waals surface area contributed by atoms with Crippen molar-refractivity contribution < 1.29 is 9.53 Å². The first-order chi connectivity index (χ1) is 9.78. The molecule has 0 amide bonds. The molecule has 0 aromatic heterocycles. The Balaban J connectivity index is 1.99. The number of hydrogen-bond acceptors (Lipinski definition) is 3. The van der Waals surface area contributed by atoms with Gasteiger partial charge in [0.05, 0.1) is 6.54 Å². The van der Waals surface area contributed by atoms with Crippen LogP contribution in [0, 0.1) is 0 Å². The Kier molecular flexibility index (Phi) is 3.74. The minimum Gasteiger partial charge on any atom is -0.491 e. The molecule has 0 fully saturated rings. The summed E-state index contributed by atoms with van der Waals surface area (Å²) in [6, 6.07) is 13.7. The first-order valence-electron chi connectivity index (χ1n) is 6.48. The normalized spacial score (nSPS) is 14.2. The molecule has 0 saturated heterocycles. The first kappa shape index (κ1) is 13.2. The summed E-state index contributed by atoms with van der Waals surface area (Å²) < 4.78 is 6.73. The number of carbonyl (C=O) groups is 1. The van der Waals surface area contributed by atoms with E-state index in [0.717, 1.165) is 40.8 Å². The second-order valence-corrected chi connectivity index (χ2v) is 5.61. The Morgan fingerprint density at radius 1 is 1.20 bits per heavy atom. The van der Waals surface area contributed by atoms with E-state index in [0.29, 0.717) is 12.2 Å². The summed E-state index contributed by atoms with van der Waals surface area (Å²) in [6.07, 6.45) is 0.902. The highest BCUT2D eigenvalue weighted by Crippen LogP contribution is 2.29. The molecule has 0 saturated carbocycles. The molecule has 2 aromatic carbocycles. The third-order valence-corrected chi connectivity index (χ3v) is 3.91. The summed E-state index contributed by atoms with van der Waals surface area (Å²) in [7, 11) is 0. The molecule has 20 heavy (non-hydrogen) atoms. The molecule has 0 spiro atoms. The zero-order valence-electron chi connectivity index (χ0n) is 10.9. The minimum absolute atomic E-state index is 0.613. The highest BCUT2D eigenvalue weighted by molar-refractivity contribution is 9.10. The van der Waals surface area contributed by atoms with Gasteiger partial charge in [-0.25, -0.2) is 0 Å². The molecule has 0 radical (unpaired) electrons. The predicted molar refractivity (Wildman–Crippen MR) is 82.5 cm³/mol. The van der Waals surface area contributed by atoms with Gasteiger partial charge in [0.15, 0.2) is 6.29 Å². The van der Waals surface area contributed by atoms with Gasteiger partial charge >= 0.3 is 0 Å². The van der Waals surface area contributed by atoms with Crippen molar-refractivity contribution in [3.63, 3.8) is 0 Å². The van der Waals surface area contributed by atoms with Crippen LogP contribution < -0.4 is 9.64 Å². The van der Waals surface area contributed by atoms with Crippen molar-refractivity contribution in [2.24, 2.45) is 0 Å². The molecule has 0 atom stereocenters. The molecule has 1 heterocycles. The van der Waals surface area contributed by atoms with Crippen LogP contribution in [-0.4, -0.2) is 19.4 Å². The summed E-state index contributed by atoms with van der Waals surface area (Å²) in [5.41, 5.74) is 2.78. The van der Waals surface area contributed by atoms with Gasteiger partial charge in [-0.2, -0.15) is 0 Å². The first-order valence-corrected chi connectivity index (χ1v) is 7.27. The maximum Gasteiger partial charge on any atom is 0.152 e. The van der Waals surface area contributed by atoms with E-state index in [9.17, 15) is 4.79 Å². The van der Waals surface area contributed by atoms with Crippen LogP contribution in [0.2, 0.25) is 0 Å². The molecule has 0 bridgehead atoms. The van der Waals surface area contributed by atoms with Crippen molar-refractivity contribution in [2.75, 3.05) is 18.1 Å². The minimum atomic E-state index is 0.613. The van der Waals surface area contributed by atoms with E-state index in [2.05, 4.69) is 26.9 Å². The van der Waals surface area contributed by atoms with Gasteiger partial charge < -0.3 is 9.64 Å². The Morgan fingerprint density at radius 3 is 2.90 bits per heavy atom. The third kappa shape index (κ3) is 2.56. The highest BCUT2D eigenvalue weighted by atomic mass is 79.9. The number of rotatable bonds is 2. The van der Waals surface area contributed by atoms with E-state index in [1.165, 1.54) is 0 Å². The number of anilines is 1. The summed E-state index contributed by atoms with van der Waals surface area (Å²) in [5.74, 6) is 0.928. The fourth-order valence-electron chi connectivity index (χ4n) is 2.42. The number of fused-ring (bicyclic) bond motifs is 1. The monoisotopic (exact) mass is 331 g/mol. The number of para-hydroxylation sites is 1. The lowest BCUT2D eigenvalue weighted by molar-refractivity contribution is 0.112. The van der Waals surface area contributed by atoms with E-state index in [-0.39, 0.29) is 0 Å². The molecule has 1 aliphatic heterocycles. The summed E-state index contributed by atoms with van der Waals surface area (Å²) in [5, 5.41) is 0. The van der Waals surface area contributed by atoms with Crippen molar-refractivity contribution in [3.8, 4) is 5.75 Å². The Bertz CT molecular complexity index is 642. The Labute approximate surface area is 126 Å². The SMILES string of the molecule is O=Cc1ccc(Br)cc1N1CCOc2ccccc2C1. The lowest BCUT2D eigenvalue weighted by Crippen LogP contribution is -2.26. The lowest BCUT2D eigenvalue weighted by atomic mass is 10.1. The predicted octanol–water partition coefficient (Wildman–Crippen LogP) is 3.66. The van der Waals surface area contributed by atoms with Crippen LogP contribution in [0.5, 0.6) is 5.75 Å². The van der Waals surface area contributed by atoms with Crippen molar-refractivity contribution in [3.05, 3.63) is 58.1 Å². The zero-order chi connectivity index (χ0) is 13.9. The van der Waals surface area contributed by atoms with Crippen LogP contribution in [0.1, 0.15) is 15.9 Å². The van der Waals surface area contributed by atoms with Crippen LogP contribution in [-0.2, 0) is 6.54 Å². The van der Waals surface area contributed by atoms with Gasteiger partial charge in [0.1, 0.15) is 12.4 Å². The lowest BCUT2D eigenvalue weighted by Gasteiger charge is -2.23. The van der Waals surface area contributed by atoms with Gasteiger partial charge in [0.2, 0.25) is 0 Å². The number of hydrogen-bond donors (Lipinski definition) is 0. The number of benzene rings is 2. The van der Waals surface area contributed by atoms with Crippen LogP contribution in [0.3, 0.4) is 0 Å². The maximum absolute atomic E-state index is 11.2. The second-order valence-electron chi connectivity index (χ2n) is 4.70. The number of halogens is 1. The molecular formula is C16H14BrNO2. The number of carbonyl (C=O) groups excluding carboxylic acids is 1. The van der Waals surface area contributed by atoms with E-state index < -0.39 is 0 Å². The average molecular weight is 332 g/mol. The zero-order valence-corrected chi connectivity index (χ0v) is 12.5.